The lowest BCUT2D eigenvalue weighted by Crippen LogP contribution is -2.48. The Labute approximate surface area is 183 Å². The van der Waals surface area contributed by atoms with E-state index < -0.39 is 0 Å². The van der Waals surface area contributed by atoms with Crippen LogP contribution in [-0.2, 0) is 16.0 Å². The summed E-state index contributed by atoms with van der Waals surface area (Å²) in [6, 6.07) is 9.94. The van der Waals surface area contributed by atoms with Crippen molar-refractivity contribution in [2.75, 3.05) is 26.2 Å². The molecule has 0 saturated heterocycles. The van der Waals surface area contributed by atoms with Gasteiger partial charge >= 0.3 is 0 Å². The van der Waals surface area contributed by atoms with Crippen LogP contribution in [0.4, 0.5) is 0 Å². The summed E-state index contributed by atoms with van der Waals surface area (Å²) in [5, 5.41) is 2.09. The Kier molecular flexibility index (Phi) is 7.53. The predicted molar refractivity (Wildman–Crippen MR) is 121 cm³/mol. The van der Waals surface area contributed by atoms with E-state index in [9.17, 15) is 9.59 Å². The minimum absolute atomic E-state index is 0.0112. The second-order valence-corrected chi connectivity index (χ2v) is 9.19. The number of fused-ring (bicyclic) bond motifs is 1. The van der Waals surface area contributed by atoms with Crippen LogP contribution in [0.1, 0.15) is 49.2 Å². The van der Waals surface area contributed by atoms with Crippen molar-refractivity contribution in [1.82, 2.24) is 9.80 Å². The van der Waals surface area contributed by atoms with Crippen LogP contribution in [0.15, 0.2) is 35.7 Å². The van der Waals surface area contributed by atoms with Crippen LogP contribution in [-0.4, -0.2) is 47.9 Å². The quantitative estimate of drug-likeness (QED) is 0.624. The number of carbonyl (C=O) groups excluding carboxylic acids is 2. The Morgan fingerprint density at radius 2 is 2.00 bits per heavy atom. The maximum absolute atomic E-state index is 13.3. The lowest BCUT2D eigenvalue weighted by Gasteiger charge is -2.37. The molecule has 1 aliphatic heterocycles. The Morgan fingerprint density at radius 1 is 1.27 bits per heavy atom. The maximum Gasteiger partial charge on any atom is 0.242 e. The predicted octanol–water partition coefficient (Wildman–Crippen LogP) is 4.46. The van der Waals surface area contributed by atoms with Crippen LogP contribution in [0.25, 0.3) is 0 Å². The van der Waals surface area contributed by atoms with Gasteiger partial charge in [-0.15, -0.1) is 11.3 Å². The molecule has 0 radical (unpaired) electrons. The summed E-state index contributed by atoms with van der Waals surface area (Å²) >= 11 is 1.74. The van der Waals surface area contributed by atoms with E-state index in [2.05, 4.69) is 25.3 Å². The van der Waals surface area contributed by atoms with Crippen LogP contribution >= 0.6 is 11.3 Å². The number of hydrogen-bond donors (Lipinski definition) is 0. The van der Waals surface area contributed by atoms with E-state index in [4.69, 9.17) is 4.74 Å². The van der Waals surface area contributed by atoms with Crippen molar-refractivity contribution in [3.63, 3.8) is 0 Å². The summed E-state index contributed by atoms with van der Waals surface area (Å²) in [6.07, 6.45) is 1.83. The molecule has 2 heterocycles. The summed E-state index contributed by atoms with van der Waals surface area (Å²) in [7, 11) is 0. The van der Waals surface area contributed by atoms with Crippen LogP contribution in [0.5, 0.6) is 5.75 Å². The molecule has 0 unspecified atom stereocenters. The summed E-state index contributed by atoms with van der Waals surface area (Å²) in [5.74, 6) is 1.11. The first-order chi connectivity index (χ1) is 14.4. The molecule has 1 aromatic carbocycles. The van der Waals surface area contributed by atoms with Gasteiger partial charge in [0.05, 0.1) is 12.6 Å². The van der Waals surface area contributed by atoms with Crippen molar-refractivity contribution in [2.24, 2.45) is 5.92 Å². The van der Waals surface area contributed by atoms with Crippen molar-refractivity contribution >= 4 is 23.2 Å². The zero-order chi connectivity index (χ0) is 21.7. The SMILES string of the molecule is CC[C@H](C)CN(CC(=O)N1CCc2sccc2[C@H]1COc1ccc(C)cc1)C(C)=O. The molecule has 2 amide bonds. The molecule has 2 aromatic rings. The number of aryl methyl sites for hydroxylation is 1. The number of rotatable bonds is 8. The van der Waals surface area contributed by atoms with Gasteiger partial charge < -0.3 is 14.5 Å². The summed E-state index contributed by atoms with van der Waals surface area (Å²) in [6.45, 7) is 9.60. The maximum atomic E-state index is 13.3. The molecule has 3 rings (SSSR count). The number of ether oxygens (including phenoxy) is 1. The number of carbonyl (C=O) groups is 2. The third-order valence-electron chi connectivity index (χ3n) is 5.84. The highest BCUT2D eigenvalue weighted by Gasteiger charge is 2.33. The highest BCUT2D eigenvalue weighted by atomic mass is 32.1. The van der Waals surface area contributed by atoms with Gasteiger partial charge in [-0.1, -0.05) is 38.0 Å². The smallest absolute Gasteiger partial charge is 0.242 e. The van der Waals surface area contributed by atoms with Crippen molar-refractivity contribution < 1.29 is 14.3 Å². The molecule has 2 atom stereocenters. The molecule has 30 heavy (non-hydrogen) atoms. The molecule has 162 valence electrons. The Balaban J connectivity index is 1.74. The van der Waals surface area contributed by atoms with Gasteiger partial charge in [-0.2, -0.15) is 0 Å². The van der Waals surface area contributed by atoms with Gasteiger partial charge in [0.2, 0.25) is 11.8 Å². The fraction of sp³-hybridized carbons (Fsp3) is 0.500. The van der Waals surface area contributed by atoms with E-state index in [0.717, 1.165) is 18.6 Å². The standard InChI is InChI=1S/C24H32N2O3S/c1-5-17(2)14-25(19(4)27)15-24(28)26-12-10-23-21(11-13-30-23)22(26)16-29-20-8-6-18(3)7-9-20/h6-9,11,13,17,22H,5,10,12,14-16H2,1-4H3/t17-,22+/m0/s1. The van der Waals surface area contributed by atoms with Gasteiger partial charge in [-0.05, 0) is 48.4 Å². The minimum Gasteiger partial charge on any atom is -0.491 e. The third-order valence-corrected chi connectivity index (χ3v) is 6.84. The zero-order valence-electron chi connectivity index (χ0n) is 18.4. The molecular formula is C24H32N2O3S. The van der Waals surface area contributed by atoms with Crippen LogP contribution in [0.3, 0.4) is 0 Å². The highest BCUT2D eigenvalue weighted by molar-refractivity contribution is 7.10. The van der Waals surface area contributed by atoms with Crippen molar-refractivity contribution in [3.05, 3.63) is 51.7 Å². The van der Waals surface area contributed by atoms with Crippen molar-refractivity contribution in [2.45, 2.75) is 46.6 Å². The fourth-order valence-corrected chi connectivity index (χ4v) is 4.68. The number of amides is 2. The van der Waals surface area contributed by atoms with Gasteiger partial charge in [0.15, 0.2) is 0 Å². The van der Waals surface area contributed by atoms with E-state index in [-0.39, 0.29) is 24.4 Å². The molecular weight excluding hydrogens is 396 g/mol. The van der Waals surface area contributed by atoms with Crippen LogP contribution < -0.4 is 4.74 Å². The Bertz CT molecular complexity index is 862. The van der Waals surface area contributed by atoms with E-state index in [0.29, 0.717) is 25.6 Å². The third kappa shape index (κ3) is 5.42. The number of nitrogens with zero attached hydrogens (tertiary/aromatic N) is 2. The average Bonchev–Trinajstić information content (AvgIpc) is 3.21. The van der Waals surface area contributed by atoms with E-state index >= 15 is 0 Å². The number of thiophene rings is 1. The second kappa shape index (κ2) is 10.1. The Morgan fingerprint density at radius 3 is 2.67 bits per heavy atom. The van der Waals surface area contributed by atoms with Gasteiger partial charge in [0.25, 0.3) is 0 Å². The van der Waals surface area contributed by atoms with Gasteiger partial charge in [0, 0.05) is 24.9 Å². The topological polar surface area (TPSA) is 49.9 Å². The van der Waals surface area contributed by atoms with Gasteiger partial charge in [-0.3, -0.25) is 9.59 Å². The fourth-order valence-electron chi connectivity index (χ4n) is 3.75. The Hall–Kier alpha value is -2.34. The number of hydrogen-bond acceptors (Lipinski definition) is 4. The molecule has 5 nitrogen and oxygen atoms in total. The van der Waals surface area contributed by atoms with Crippen LogP contribution in [0, 0.1) is 12.8 Å². The molecule has 0 fully saturated rings. The molecule has 0 spiro atoms. The lowest BCUT2D eigenvalue weighted by atomic mass is 10.00. The summed E-state index contributed by atoms with van der Waals surface area (Å²) in [4.78, 5) is 30.3. The minimum atomic E-state index is -0.133. The van der Waals surface area contributed by atoms with E-state index in [1.54, 1.807) is 23.2 Å². The molecule has 1 aromatic heterocycles. The molecule has 6 heteroatoms. The van der Waals surface area contributed by atoms with E-state index in [1.165, 1.54) is 16.0 Å². The average molecular weight is 429 g/mol. The molecule has 1 aliphatic rings. The van der Waals surface area contributed by atoms with E-state index in [1.807, 2.05) is 36.1 Å². The second-order valence-electron chi connectivity index (χ2n) is 8.19. The normalized spacial score (nSPS) is 16.7. The highest BCUT2D eigenvalue weighted by Crippen LogP contribution is 2.34. The van der Waals surface area contributed by atoms with Crippen LogP contribution in [0.2, 0.25) is 0 Å². The molecule has 0 N–H and O–H groups in total. The first-order valence-electron chi connectivity index (χ1n) is 10.7. The lowest BCUT2D eigenvalue weighted by molar-refractivity contribution is -0.142. The largest absolute Gasteiger partial charge is 0.491 e. The molecule has 0 saturated carbocycles. The summed E-state index contributed by atoms with van der Waals surface area (Å²) in [5.41, 5.74) is 2.35. The first-order valence-corrected chi connectivity index (χ1v) is 11.6. The van der Waals surface area contributed by atoms with Crippen molar-refractivity contribution in [3.8, 4) is 5.75 Å². The molecule has 0 aliphatic carbocycles. The summed E-state index contributed by atoms with van der Waals surface area (Å²) < 4.78 is 6.07. The zero-order valence-corrected chi connectivity index (χ0v) is 19.2. The molecule has 0 bridgehead atoms. The monoisotopic (exact) mass is 428 g/mol. The number of benzene rings is 1. The van der Waals surface area contributed by atoms with Gasteiger partial charge in [0.1, 0.15) is 12.4 Å². The van der Waals surface area contributed by atoms with Gasteiger partial charge in [-0.25, -0.2) is 0 Å². The van der Waals surface area contributed by atoms with Crippen molar-refractivity contribution in [1.29, 1.82) is 0 Å². The first kappa shape index (κ1) is 22.3.